The van der Waals surface area contributed by atoms with E-state index in [1.54, 1.807) is 25.7 Å². The van der Waals surface area contributed by atoms with Gasteiger partial charge in [0.05, 0.1) is 12.6 Å². The van der Waals surface area contributed by atoms with Crippen molar-refractivity contribution < 1.29 is 41.9 Å². The summed E-state index contributed by atoms with van der Waals surface area (Å²) in [6.45, 7) is 8.67. The van der Waals surface area contributed by atoms with E-state index in [-0.39, 0.29) is 31.8 Å². The first-order chi connectivity index (χ1) is 28.6. The molecule has 6 aliphatic rings. The molecule has 1 aliphatic carbocycles. The van der Waals surface area contributed by atoms with Crippen LogP contribution in [-0.4, -0.2) is 132 Å². The number of carbonyl (C=O) groups is 5. The number of rotatable bonds is 7. The van der Waals surface area contributed by atoms with Gasteiger partial charge in [0, 0.05) is 38.5 Å². The van der Waals surface area contributed by atoms with Crippen LogP contribution in [0.2, 0.25) is 0 Å². The minimum atomic E-state index is -4.15. The van der Waals surface area contributed by atoms with Gasteiger partial charge in [-0.2, -0.15) is 12.7 Å². The molecular weight excluding hydrogens is 791 g/mol. The first-order valence-corrected chi connectivity index (χ1v) is 23.5. The molecular formula is C43H63N7O9S. The number of nitrogens with one attached hydrogen (secondary N) is 3. The van der Waals surface area contributed by atoms with Crippen molar-refractivity contribution in [2.75, 3.05) is 45.8 Å². The molecule has 16 nitrogen and oxygen atoms in total. The quantitative estimate of drug-likeness (QED) is 0.340. The highest BCUT2D eigenvalue weighted by Crippen LogP contribution is 2.46. The molecule has 17 heteroatoms. The summed E-state index contributed by atoms with van der Waals surface area (Å²) in [4.78, 5) is 76.1. The summed E-state index contributed by atoms with van der Waals surface area (Å²) in [5.41, 5.74) is -0.117. The number of likely N-dealkylation sites (tertiary alicyclic amines) is 1. The van der Waals surface area contributed by atoms with E-state index in [0.717, 1.165) is 44.3 Å². The monoisotopic (exact) mass is 853 g/mol. The molecule has 5 aliphatic heterocycles. The molecule has 5 heterocycles. The fraction of sp³-hybridized carbons (Fsp3) is 0.698. The number of amides is 5. The molecule has 5 amide bonds. The van der Waals surface area contributed by atoms with E-state index in [1.165, 1.54) is 21.2 Å². The van der Waals surface area contributed by atoms with E-state index < -0.39 is 75.4 Å². The van der Waals surface area contributed by atoms with Crippen molar-refractivity contribution in [2.24, 2.45) is 5.92 Å². The summed E-state index contributed by atoms with van der Waals surface area (Å²) in [6.07, 6.45) is 10.2. The third-order valence-electron chi connectivity index (χ3n) is 12.8. The standard InChI is InChI=1S/C43H63N7O9S/c1-42(2,3)59-40(54)44-34-19-9-6-4-5-8-17-31-27-43(31,39(53)46-60(56,57)48-23-14-15-24-48)45-37(51)35-26-32(28-50(35)38(34)52)58-41(55)49-25-20-30-16-10-11-18-33(30)36(49)29-47-21-12-7-13-22-47/h8,10-11,16-18,31-32,34-36H,4-7,9,12-15,19-29H2,1-3H3,(H,44,54)(H,45,51)(H,46,53)/b17-8-/t31-,32+,34-,35-,36?,43+/m0/s1. The van der Waals surface area contributed by atoms with Crippen LogP contribution in [0.5, 0.6) is 0 Å². The Morgan fingerprint density at radius 3 is 2.40 bits per heavy atom. The van der Waals surface area contributed by atoms with Crippen molar-refractivity contribution in [3.8, 4) is 0 Å². The van der Waals surface area contributed by atoms with Crippen LogP contribution in [-0.2, 0) is 40.5 Å². The SMILES string of the molecule is CC(C)(C)OC(=O)N[C@H]1CCCCC/C=C\[C@H]2C[C@@]2(C(=O)NS(=O)(=O)N2CCCC2)NC(=O)[C@@H]2C[C@@H](OC(=O)N3CCc4ccccc4C3CN3CCCCC3)CN2C1=O. The number of ether oxygens (including phenoxy) is 2. The summed E-state index contributed by atoms with van der Waals surface area (Å²) in [7, 11) is -4.15. The molecule has 7 rings (SSSR count). The summed E-state index contributed by atoms with van der Waals surface area (Å²) in [6, 6.07) is 5.69. The zero-order chi connectivity index (χ0) is 42.7. The van der Waals surface area contributed by atoms with Crippen LogP contribution in [0.15, 0.2) is 36.4 Å². The van der Waals surface area contributed by atoms with Gasteiger partial charge in [-0.25, -0.2) is 14.3 Å². The average molecular weight is 854 g/mol. The fourth-order valence-electron chi connectivity index (χ4n) is 9.48. The average Bonchev–Trinajstić information content (AvgIpc) is 3.50. The lowest BCUT2D eigenvalue weighted by Gasteiger charge is -2.40. The van der Waals surface area contributed by atoms with Crippen LogP contribution in [0.4, 0.5) is 9.59 Å². The van der Waals surface area contributed by atoms with Gasteiger partial charge in [0.25, 0.3) is 5.91 Å². The second-order valence-electron chi connectivity index (χ2n) is 18.3. The van der Waals surface area contributed by atoms with E-state index >= 15 is 0 Å². The molecule has 0 aromatic heterocycles. The highest BCUT2D eigenvalue weighted by molar-refractivity contribution is 7.87. The zero-order valence-electron chi connectivity index (χ0n) is 35.4. The predicted octanol–water partition coefficient (Wildman–Crippen LogP) is 3.92. The third kappa shape index (κ3) is 10.3. The molecule has 0 radical (unpaired) electrons. The van der Waals surface area contributed by atoms with E-state index in [9.17, 15) is 32.4 Å². The molecule has 0 bridgehead atoms. The molecule has 0 spiro atoms. The highest BCUT2D eigenvalue weighted by atomic mass is 32.2. The second-order valence-corrected chi connectivity index (χ2v) is 20.0. The number of hydrogen-bond acceptors (Lipinski definition) is 10. The number of alkyl carbamates (subject to hydrolysis) is 1. The Hall–Kier alpha value is -4.22. The van der Waals surface area contributed by atoms with E-state index in [2.05, 4.69) is 32.4 Å². The van der Waals surface area contributed by atoms with Gasteiger partial charge < -0.3 is 29.9 Å². The lowest BCUT2D eigenvalue weighted by molar-refractivity contribution is -0.141. The lowest BCUT2D eigenvalue weighted by Crippen LogP contribution is -2.59. The largest absolute Gasteiger partial charge is 0.444 e. The smallest absolute Gasteiger partial charge is 0.410 e. The summed E-state index contributed by atoms with van der Waals surface area (Å²) in [5.74, 6) is -2.52. The Morgan fingerprint density at radius 2 is 1.65 bits per heavy atom. The Balaban J connectivity index is 1.15. The van der Waals surface area contributed by atoms with Gasteiger partial charge >= 0.3 is 22.4 Å². The van der Waals surface area contributed by atoms with E-state index in [0.29, 0.717) is 58.3 Å². The summed E-state index contributed by atoms with van der Waals surface area (Å²) >= 11 is 0. The Labute approximate surface area is 354 Å². The normalized spacial score (nSPS) is 30.1. The number of piperidine rings is 1. The second kappa shape index (κ2) is 18.4. The highest BCUT2D eigenvalue weighted by Gasteiger charge is 2.62. The molecule has 6 atom stereocenters. The van der Waals surface area contributed by atoms with E-state index in [4.69, 9.17) is 9.47 Å². The molecule has 1 saturated carbocycles. The van der Waals surface area contributed by atoms with Crippen molar-refractivity contribution in [3.05, 3.63) is 47.5 Å². The molecule has 60 heavy (non-hydrogen) atoms. The Kier molecular flexibility index (Phi) is 13.5. The van der Waals surface area contributed by atoms with Crippen LogP contribution in [0.1, 0.15) is 115 Å². The van der Waals surface area contributed by atoms with E-state index in [1.807, 2.05) is 24.3 Å². The Morgan fingerprint density at radius 1 is 0.933 bits per heavy atom. The third-order valence-corrected chi connectivity index (χ3v) is 14.2. The van der Waals surface area contributed by atoms with Crippen LogP contribution < -0.4 is 15.4 Å². The maximum Gasteiger partial charge on any atom is 0.410 e. The minimum Gasteiger partial charge on any atom is -0.444 e. The zero-order valence-corrected chi connectivity index (χ0v) is 36.2. The molecule has 1 unspecified atom stereocenters. The maximum absolute atomic E-state index is 14.6. The number of hydrogen-bond donors (Lipinski definition) is 3. The lowest BCUT2D eigenvalue weighted by atomic mass is 9.92. The van der Waals surface area contributed by atoms with Crippen molar-refractivity contribution in [1.29, 1.82) is 0 Å². The number of allylic oxidation sites excluding steroid dienone is 1. The molecule has 3 N–H and O–H groups in total. The molecule has 3 saturated heterocycles. The molecule has 1 aromatic carbocycles. The molecule has 330 valence electrons. The van der Waals surface area contributed by atoms with Crippen LogP contribution >= 0.6 is 0 Å². The summed E-state index contributed by atoms with van der Waals surface area (Å²) < 4.78 is 41.7. The summed E-state index contributed by atoms with van der Waals surface area (Å²) in [5, 5.41) is 5.63. The maximum atomic E-state index is 14.6. The number of benzene rings is 1. The number of nitrogens with zero attached hydrogens (tertiary/aromatic N) is 4. The fourth-order valence-corrected chi connectivity index (χ4v) is 10.8. The first-order valence-electron chi connectivity index (χ1n) is 22.0. The van der Waals surface area contributed by atoms with Crippen molar-refractivity contribution in [2.45, 2.75) is 140 Å². The van der Waals surface area contributed by atoms with Gasteiger partial charge in [0.1, 0.15) is 29.3 Å². The van der Waals surface area contributed by atoms with Gasteiger partial charge in [-0.3, -0.25) is 19.3 Å². The van der Waals surface area contributed by atoms with Crippen LogP contribution in [0.3, 0.4) is 0 Å². The van der Waals surface area contributed by atoms with Gasteiger partial charge in [0.15, 0.2) is 0 Å². The minimum absolute atomic E-state index is 0.0615. The Bertz CT molecular complexity index is 1910. The predicted molar refractivity (Wildman–Crippen MR) is 223 cm³/mol. The van der Waals surface area contributed by atoms with Gasteiger partial charge in [-0.1, -0.05) is 55.7 Å². The number of carbonyl (C=O) groups excluding carboxylic acids is 5. The van der Waals surface area contributed by atoms with Crippen molar-refractivity contribution in [1.82, 2.24) is 34.4 Å². The number of fused-ring (bicyclic) bond motifs is 3. The molecule has 4 fully saturated rings. The van der Waals surface area contributed by atoms with Crippen LogP contribution in [0, 0.1) is 5.92 Å². The first kappa shape index (κ1) is 43.9. The van der Waals surface area contributed by atoms with Crippen LogP contribution in [0.25, 0.3) is 0 Å². The van der Waals surface area contributed by atoms with Crippen molar-refractivity contribution in [3.63, 3.8) is 0 Å². The van der Waals surface area contributed by atoms with Gasteiger partial charge in [-0.05, 0) is 103 Å². The molecule has 1 aromatic rings. The van der Waals surface area contributed by atoms with Gasteiger partial charge in [-0.15, -0.1) is 0 Å². The van der Waals surface area contributed by atoms with Gasteiger partial charge in [0.2, 0.25) is 11.8 Å². The topological polar surface area (TPSA) is 187 Å². The van der Waals surface area contributed by atoms with Crippen molar-refractivity contribution >= 4 is 40.1 Å².